The molecule has 1 aromatic carbocycles. The van der Waals surface area contributed by atoms with E-state index in [1.807, 2.05) is 18.2 Å². The van der Waals surface area contributed by atoms with Gasteiger partial charge in [0.1, 0.15) is 5.75 Å². The van der Waals surface area contributed by atoms with Crippen LogP contribution in [0.15, 0.2) is 18.2 Å². The third kappa shape index (κ3) is 5.23. The van der Waals surface area contributed by atoms with Gasteiger partial charge in [0.25, 0.3) is 0 Å². The van der Waals surface area contributed by atoms with Gasteiger partial charge in [-0.3, -0.25) is 0 Å². The number of benzene rings is 1. The third-order valence-corrected chi connectivity index (χ3v) is 3.00. The molecule has 0 saturated carbocycles. The minimum absolute atomic E-state index is 0.393. The molecule has 1 atom stereocenters. The second kappa shape index (κ2) is 7.59. The summed E-state index contributed by atoms with van der Waals surface area (Å²) in [4.78, 5) is 0.556. The number of ether oxygens (including phenoxy) is 1. The number of thiocarbonyl (C=S) groups is 1. The molecule has 2 nitrogen and oxygen atoms in total. The van der Waals surface area contributed by atoms with Crippen molar-refractivity contribution >= 4 is 28.8 Å². The molecule has 2 N–H and O–H groups in total. The Kier molecular flexibility index (Phi) is 6.44. The molecule has 4 heteroatoms. The van der Waals surface area contributed by atoms with Gasteiger partial charge in [0.05, 0.1) is 11.6 Å². The smallest absolute Gasteiger partial charge is 0.122 e. The second-order valence-electron chi connectivity index (χ2n) is 4.58. The van der Waals surface area contributed by atoms with Crippen LogP contribution in [0, 0.1) is 5.92 Å². The average molecular weight is 286 g/mol. The number of halogens is 1. The summed E-state index contributed by atoms with van der Waals surface area (Å²) >= 11 is 11.0. The first-order valence-electron chi connectivity index (χ1n) is 6.22. The van der Waals surface area contributed by atoms with Crippen LogP contribution in [0.5, 0.6) is 5.75 Å². The number of hydrogen-bond acceptors (Lipinski definition) is 2. The molecule has 100 valence electrons. The van der Waals surface area contributed by atoms with Gasteiger partial charge in [-0.15, -0.1) is 0 Å². The van der Waals surface area contributed by atoms with Crippen molar-refractivity contribution in [2.75, 3.05) is 6.61 Å². The minimum atomic E-state index is 0.393. The summed E-state index contributed by atoms with van der Waals surface area (Å²) < 4.78 is 5.72. The topological polar surface area (TPSA) is 35.2 Å². The largest absolute Gasteiger partial charge is 0.493 e. The number of hydrogen-bond donors (Lipinski definition) is 1. The summed E-state index contributed by atoms with van der Waals surface area (Å²) in [5, 5.41) is 0.733. The van der Waals surface area contributed by atoms with Crippen molar-refractivity contribution in [2.24, 2.45) is 11.7 Å². The van der Waals surface area contributed by atoms with Gasteiger partial charge in [-0.1, -0.05) is 37.7 Å². The molecule has 0 heterocycles. The molecule has 0 radical (unpaired) electrons. The highest BCUT2D eigenvalue weighted by atomic mass is 35.5. The Morgan fingerprint density at radius 2 is 2.22 bits per heavy atom. The summed E-state index contributed by atoms with van der Waals surface area (Å²) in [6.07, 6.45) is 2.61. The lowest BCUT2D eigenvalue weighted by molar-refractivity contribution is 0.312. The van der Waals surface area contributed by atoms with E-state index in [0.717, 1.165) is 42.2 Å². The molecule has 1 rings (SSSR count). The van der Waals surface area contributed by atoms with E-state index in [-0.39, 0.29) is 0 Å². The summed E-state index contributed by atoms with van der Waals surface area (Å²) in [6.45, 7) is 4.94. The van der Waals surface area contributed by atoms with Crippen LogP contribution < -0.4 is 10.5 Å². The first kappa shape index (κ1) is 15.3. The molecule has 1 unspecified atom stereocenters. The van der Waals surface area contributed by atoms with Crippen molar-refractivity contribution < 1.29 is 4.74 Å². The Labute approximate surface area is 119 Å². The molecule has 0 spiro atoms. The van der Waals surface area contributed by atoms with Crippen molar-refractivity contribution in [3.63, 3.8) is 0 Å². The molecule has 1 aromatic rings. The average Bonchev–Trinajstić information content (AvgIpc) is 2.26. The Hall–Kier alpha value is -0.800. The highest BCUT2D eigenvalue weighted by Gasteiger charge is 2.10. The standard InChI is InChI=1S/C14H20ClNOS/c1-3-6-17-13-5-4-12(15)9-11(13)7-10(2)8-14(16)18/h4-5,9-10H,3,6-8H2,1-2H3,(H2,16,18). The molecule has 0 saturated heterocycles. The third-order valence-electron chi connectivity index (χ3n) is 2.60. The normalized spacial score (nSPS) is 12.2. The first-order chi connectivity index (χ1) is 8.52. The van der Waals surface area contributed by atoms with Crippen molar-refractivity contribution in [3.05, 3.63) is 28.8 Å². The maximum atomic E-state index is 6.03. The molecule has 0 bridgehead atoms. The summed E-state index contributed by atoms with van der Waals surface area (Å²) in [7, 11) is 0. The summed E-state index contributed by atoms with van der Waals surface area (Å²) in [5.41, 5.74) is 6.69. The molecule has 0 aromatic heterocycles. The highest BCUT2D eigenvalue weighted by Crippen LogP contribution is 2.26. The van der Waals surface area contributed by atoms with Crippen molar-refractivity contribution in [1.29, 1.82) is 0 Å². The summed E-state index contributed by atoms with van der Waals surface area (Å²) in [6, 6.07) is 5.75. The van der Waals surface area contributed by atoms with Crippen LogP contribution in [0.4, 0.5) is 0 Å². The predicted molar refractivity (Wildman–Crippen MR) is 81.5 cm³/mol. The Balaban J connectivity index is 2.77. The van der Waals surface area contributed by atoms with E-state index in [0.29, 0.717) is 10.9 Å². The zero-order valence-corrected chi connectivity index (χ0v) is 12.5. The van der Waals surface area contributed by atoms with E-state index in [2.05, 4.69) is 13.8 Å². The van der Waals surface area contributed by atoms with Crippen LogP contribution in [0.3, 0.4) is 0 Å². The maximum Gasteiger partial charge on any atom is 0.122 e. The zero-order valence-electron chi connectivity index (χ0n) is 10.9. The van der Waals surface area contributed by atoms with E-state index in [1.165, 1.54) is 0 Å². The minimum Gasteiger partial charge on any atom is -0.493 e. The van der Waals surface area contributed by atoms with E-state index in [1.54, 1.807) is 0 Å². The van der Waals surface area contributed by atoms with E-state index in [4.69, 9.17) is 34.3 Å². The van der Waals surface area contributed by atoms with Gasteiger partial charge in [0, 0.05) is 11.4 Å². The second-order valence-corrected chi connectivity index (χ2v) is 5.54. The van der Waals surface area contributed by atoms with Gasteiger partial charge >= 0.3 is 0 Å². The van der Waals surface area contributed by atoms with Crippen LogP contribution in [0.2, 0.25) is 5.02 Å². The van der Waals surface area contributed by atoms with Crippen LogP contribution in [0.25, 0.3) is 0 Å². The lowest BCUT2D eigenvalue weighted by Crippen LogP contribution is -2.14. The lowest BCUT2D eigenvalue weighted by Gasteiger charge is -2.15. The lowest BCUT2D eigenvalue weighted by atomic mass is 9.97. The Morgan fingerprint density at radius 1 is 1.50 bits per heavy atom. The quantitative estimate of drug-likeness (QED) is 0.770. The number of rotatable bonds is 7. The first-order valence-corrected chi connectivity index (χ1v) is 7.01. The van der Waals surface area contributed by atoms with Gasteiger partial charge < -0.3 is 10.5 Å². The van der Waals surface area contributed by atoms with E-state index in [9.17, 15) is 0 Å². The molecular weight excluding hydrogens is 266 g/mol. The molecule has 0 aliphatic carbocycles. The fourth-order valence-corrected chi connectivity index (χ4v) is 2.33. The van der Waals surface area contributed by atoms with Crippen molar-refractivity contribution in [3.8, 4) is 5.75 Å². The molecule has 0 amide bonds. The van der Waals surface area contributed by atoms with Gasteiger partial charge in [0.2, 0.25) is 0 Å². The predicted octanol–water partition coefficient (Wildman–Crippen LogP) is 3.98. The molecular formula is C14H20ClNOS. The van der Waals surface area contributed by atoms with Crippen LogP contribution in [-0.2, 0) is 6.42 Å². The fourth-order valence-electron chi connectivity index (χ4n) is 1.85. The number of nitrogens with two attached hydrogens (primary N) is 1. The van der Waals surface area contributed by atoms with Crippen molar-refractivity contribution in [2.45, 2.75) is 33.1 Å². The monoisotopic (exact) mass is 285 g/mol. The molecule has 0 aliphatic heterocycles. The van der Waals surface area contributed by atoms with Crippen LogP contribution in [0.1, 0.15) is 32.3 Å². The Morgan fingerprint density at radius 3 is 2.83 bits per heavy atom. The van der Waals surface area contributed by atoms with E-state index < -0.39 is 0 Å². The van der Waals surface area contributed by atoms with Crippen molar-refractivity contribution in [1.82, 2.24) is 0 Å². The van der Waals surface area contributed by atoms with Crippen LogP contribution >= 0.6 is 23.8 Å². The van der Waals surface area contributed by atoms with Crippen LogP contribution in [-0.4, -0.2) is 11.6 Å². The summed E-state index contributed by atoms with van der Waals surface area (Å²) in [5.74, 6) is 1.31. The molecule has 0 fully saturated rings. The molecule has 18 heavy (non-hydrogen) atoms. The Bertz CT molecular complexity index is 409. The highest BCUT2D eigenvalue weighted by molar-refractivity contribution is 7.80. The van der Waals surface area contributed by atoms with Gasteiger partial charge in [-0.05, 0) is 42.5 Å². The van der Waals surface area contributed by atoms with Gasteiger partial charge in [0.15, 0.2) is 0 Å². The fraction of sp³-hybridized carbons (Fsp3) is 0.500. The maximum absolute atomic E-state index is 6.03. The van der Waals surface area contributed by atoms with E-state index >= 15 is 0 Å². The zero-order chi connectivity index (χ0) is 13.5. The molecule has 0 aliphatic rings. The van der Waals surface area contributed by atoms with Gasteiger partial charge in [-0.25, -0.2) is 0 Å². The van der Waals surface area contributed by atoms with Gasteiger partial charge in [-0.2, -0.15) is 0 Å². The SMILES string of the molecule is CCCOc1ccc(Cl)cc1CC(C)CC(N)=S.